The lowest BCUT2D eigenvalue weighted by atomic mass is 10.1. The van der Waals surface area contributed by atoms with Crippen LogP contribution in [0.4, 0.5) is 0 Å². The molecule has 0 radical (unpaired) electrons. The number of hydrogen-bond acceptors (Lipinski definition) is 3. The van der Waals surface area contributed by atoms with Crippen molar-refractivity contribution in [3.8, 4) is 0 Å². The van der Waals surface area contributed by atoms with Crippen LogP contribution in [-0.2, 0) is 6.42 Å². The SMILES string of the molecule is CC(=O)n1cc(C(=O)N(C)CCc2ccncc2)c2cc(Cl)ccc21. The quantitative estimate of drug-likeness (QED) is 0.717. The Morgan fingerprint density at radius 3 is 2.60 bits per heavy atom. The molecule has 0 unspecified atom stereocenters. The van der Waals surface area contributed by atoms with Crippen molar-refractivity contribution < 1.29 is 9.59 Å². The van der Waals surface area contributed by atoms with Crippen molar-refractivity contribution in [2.45, 2.75) is 13.3 Å². The molecule has 0 bridgehead atoms. The molecule has 2 aromatic heterocycles. The second-order valence-electron chi connectivity index (χ2n) is 5.93. The predicted molar refractivity (Wildman–Crippen MR) is 98.2 cm³/mol. The summed E-state index contributed by atoms with van der Waals surface area (Å²) in [6, 6.07) is 9.05. The minimum atomic E-state index is -0.147. The number of aromatic nitrogens is 2. The van der Waals surface area contributed by atoms with E-state index >= 15 is 0 Å². The Labute approximate surface area is 150 Å². The van der Waals surface area contributed by atoms with E-state index < -0.39 is 0 Å². The van der Waals surface area contributed by atoms with Crippen LogP contribution in [0, 0.1) is 0 Å². The number of rotatable bonds is 4. The van der Waals surface area contributed by atoms with Gasteiger partial charge in [0.2, 0.25) is 5.91 Å². The van der Waals surface area contributed by atoms with Gasteiger partial charge in [0.1, 0.15) is 0 Å². The monoisotopic (exact) mass is 355 g/mol. The number of hydrogen-bond donors (Lipinski definition) is 0. The molecular formula is C19H18ClN3O2. The van der Waals surface area contributed by atoms with Crippen LogP contribution in [0.1, 0.15) is 27.6 Å². The minimum absolute atomic E-state index is 0.138. The molecule has 0 saturated heterocycles. The number of halogens is 1. The molecule has 0 aliphatic carbocycles. The Kier molecular flexibility index (Phi) is 4.86. The van der Waals surface area contributed by atoms with Crippen molar-refractivity contribution in [3.63, 3.8) is 0 Å². The molecule has 1 aromatic carbocycles. The molecule has 0 saturated carbocycles. The summed E-state index contributed by atoms with van der Waals surface area (Å²) >= 11 is 6.08. The van der Waals surface area contributed by atoms with Gasteiger partial charge in [-0.1, -0.05) is 11.6 Å². The molecule has 0 spiro atoms. The second kappa shape index (κ2) is 7.07. The molecule has 0 fully saturated rings. The van der Waals surface area contributed by atoms with Crippen LogP contribution in [0.2, 0.25) is 5.02 Å². The van der Waals surface area contributed by atoms with E-state index in [1.807, 2.05) is 12.1 Å². The Morgan fingerprint density at radius 2 is 1.92 bits per heavy atom. The molecule has 0 N–H and O–H groups in total. The number of nitrogens with zero attached hydrogens (tertiary/aromatic N) is 3. The highest BCUT2D eigenvalue weighted by molar-refractivity contribution is 6.31. The van der Waals surface area contributed by atoms with E-state index in [0.717, 1.165) is 12.0 Å². The fourth-order valence-corrected chi connectivity index (χ4v) is 2.96. The fraction of sp³-hybridized carbons (Fsp3) is 0.211. The average molecular weight is 356 g/mol. The third kappa shape index (κ3) is 3.56. The minimum Gasteiger partial charge on any atom is -0.341 e. The summed E-state index contributed by atoms with van der Waals surface area (Å²) in [5, 5.41) is 1.21. The molecular weight excluding hydrogens is 338 g/mol. The predicted octanol–water partition coefficient (Wildman–Crippen LogP) is 3.66. The van der Waals surface area contributed by atoms with Crippen molar-refractivity contribution in [1.82, 2.24) is 14.5 Å². The van der Waals surface area contributed by atoms with Crippen molar-refractivity contribution in [2.75, 3.05) is 13.6 Å². The highest BCUT2D eigenvalue weighted by atomic mass is 35.5. The van der Waals surface area contributed by atoms with Crippen LogP contribution in [0.3, 0.4) is 0 Å². The first kappa shape index (κ1) is 17.2. The molecule has 2 heterocycles. The van der Waals surface area contributed by atoms with Gasteiger partial charge >= 0.3 is 0 Å². The highest BCUT2D eigenvalue weighted by Gasteiger charge is 2.20. The summed E-state index contributed by atoms with van der Waals surface area (Å²) in [6.07, 6.45) is 5.80. The number of carbonyl (C=O) groups excluding carboxylic acids is 2. The van der Waals surface area contributed by atoms with Gasteiger partial charge in [-0.2, -0.15) is 0 Å². The van der Waals surface area contributed by atoms with Crippen molar-refractivity contribution >= 4 is 34.3 Å². The first-order valence-electron chi connectivity index (χ1n) is 7.93. The van der Waals surface area contributed by atoms with Crippen LogP contribution >= 0.6 is 11.6 Å². The molecule has 5 nitrogen and oxygen atoms in total. The lowest BCUT2D eigenvalue weighted by Crippen LogP contribution is -2.28. The molecule has 0 atom stereocenters. The van der Waals surface area contributed by atoms with E-state index in [2.05, 4.69) is 4.98 Å². The Hall–Kier alpha value is -2.66. The number of pyridine rings is 1. The molecule has 3 aromatic rings. The van der Waals surface area contributed by atoms with Gasteiger partial charge in [-0.15, -0.1) is 0 Å². The lowest BCUT2D eigenvalue weighted by molar-refractivity contribution is 0.0798. The molecule has 0 aliphatic rings. The van der Waals surface area contributed by atoms with Gasteiger partial charge in [-0.25, -0.2) is 0 Å². The summed E-state index contributed by atoms with van der Waals surface area (Å²) in [5.41, 5.74) is 2.27. The molecule has 1 amide bonds. The van der Waals surface area contributed by atoms with Crippen LogP contribution in [0.25, 0.3) is 10.9 Å². The van der Waals surface area contributed by atoms with Crippen molar-refractivity contribution in [3.05, 3.63) is 65.1 Å². The van der Waals surface area contributed by atoms with Gasteiger partial charge in [0, 0.05) is 49.5 Å². The Bertz CT molecular complexity index is 934. The first-order chi connectivity index (χ1) is 12.0. The second-order valence-corrected chi connectivity index (χ2v) is 6.36. The highest BCUT2D eigenvalue weighted by Crippen LogP contribution is 2.26. The fourth-order valence-electron chi connectivity index (χ4n) is 2.79. The van der Waals surface area contributed by atoms with Gasteiger partial charge in [-0.05, 0) is 42.3 Å². The molecule has 3 rings (SSSR count). The number of amides is 1. The van der Waals surface area contributed by atoms with Crippen LogP contribution < -0.4 is 0 Å². The topological polar surface area (TPSA) is 55.2 Å². The van der Waals surface area contributed by atoms with Crippen LogP contribution in [-0.4, -0.2) is 39.9 Å². The Morgan fingerprint density at radius 1 is 1.20 bits per heavy atom. The van der Waals surface area contributed by atoms with E-state index in [0.29, 0.717) is 28.0 Å². The van der Waals surface area contributed by atoms with E-state index in [4.69, 9.17) is 11.6 Å². The molecule has 0 aliphatic heterocycles. The van der Waals surface area contributed by atoms with Gasteiger partial charge in [0.05, 0.1) is 11.1 Å². The van der Waals surface area contributed by atoms with Gasteiger partial charge in [-0.3, -0.25) is 19.1 Å². The summed E-state index contributed by atoms with van der Waals surface area (Å²) < 4.78 is 1.48. The molecule has 128 valence electrons. The summed E-state index contributed by atoms with van der Waals surface area (Å²) in [5.74, 6) is -0.285. The van der Waals surface area contributed by atoms with E-state index in [1.54, 1.807) is 48.7 Å². The van der Waals surface area contributed by atoms with Gasteiger partial charge in [0.15, 0.2) is 0 Å². The summed E-state index contributed by atoms with van der Waals surface area (Å²) in [7, 11) is 1.75. The number of benzene rings is 1. The standard InChI is InChI=1S/C19H18ClN3O2/c1-13(24)23-12-17(16-11-15(20)3-4-18(16)23)19(25)22(2)10-7-14-5-8-21-9-6-14/h3-6,8-9,11-12H,7,10H2,1-2H3. The van der Waals surface area contributed by atoms with E-state index in [9.17, 15) is 9.59 Å². The smallest absolute Gasteiger partial charge is 0.255 e. The third-order valence-corrected chi connectivity index (χ3v) is 4.40. The van der Waals surface area contributed by atoms with E-state index in [1.165, 1.54) is 11.5 Å². The van der Waals surface area contributed by atoms with Gasteiger partial charge < -0.3 is 4.90 Å². The molecule has 25 heavy (non-hydrogen) atoms. The average Bonchev–Trinajstić information content (AvgIpc) is 2.98. The zero-order valence-electron chi connectivity index (χ0n) is 14.1. The largest absolute Gasteiger partial charge is 0.341 e. The van der Waals surface area contributed by atoms with Crippen molar-refractivity contribution in [2.24, 2.45) is 0 Å². The number of fused-ring (bicyclic) bond motifs is 1. The third-order valence-electron chi connectivity index (χ3n) is 4.17. The normalized spacial score (nSPS) is 10.8. The number of carbonyl (C=O) groups is 2. The maximum absolute atomic E-state index is 12.9. The van der Waals surface area contributed by atoms with Gasteiger partial charge in [0.25, 0.3) is 5.91 Å². The van der Waals surface area contributed by atoms with E-state index in [-0.39, 0.29) is 11.8 Å². The lowest BCUT2D eigenvalue weighted by Gasteiger charge is -2.16. The maximum Gasteiger partial charge on any atom is 0.255 e. The zero-order valence-corrected chi connectivity index (χ0v) is 14.8. The summed E-state index contributed by atoms with van der Waals surface area (Å²) in [4.78, 5) is 30.4. The molecule has 6 heteroatoms. The number of likely N-dealkylation sites (N-methyl/N-ethyl adjacent to an activating group) is 1. The Balaban J connectivity index is 1.88. The van der Waals surface area contributed by atoms with Crippen LogP contribution in [0.5, 0.6) is 0 Å². The van der Waals surface area contributed by atoms with Crippen molar-refractivity contribution in [1.29, 1.82) is 0 Å². The van der Waals surface area contributed by atoms with Crippen LogP contribution in [0.15, 0.2) is 48.9 Å². The maximum atomic E-state index is 12.9. The zero-order chi connectivity index (χ0) is 18.0. The first-order valence-corrected chi connectivity index (χ1v) is 8.31. The summed E-state index contributed by atoms with van der Waals surface area (Å²) in [6.45, 7) is 2.03.